The number of aromatic nitrogens is 1. The fraction of sp³-hybridized carbons (Fsp3) is 0.400. The van der Waals surface area contributed by atoms with Crippen LogP contribution in [-0.2, 0) is 13.1 Å². The Morgan fingerprint density at radius 3 is 2.58 bits per heavy atom. The molecule has 3 aromatic rings. The number of carboxylic acid groups (broad SMARTS) is 1. The van der Waals surface area contributed by atoms with Crippen molar-refractivity contribution in [2.24, 2.45) is 0 Å². The number of nitrogens with zero attached hydrogens (tertiary/aromatic N) is 1. The van der Waals surface area contributed by atoms with Gasteiger partial charge in [-0.05, 0) is 31.0 Å². The fourth-order valence-electron chi connectivity index (χ4n) is 4.63. The molecule has 6 heteroatoms. The van der Waals surface area contributed by atoms with Crippen LogP contribution in [0.1, 0.15) is 60.1 Å². The van der Waals surface area contributed by atoms with Crippen LogP contribution in [-0.4, -0.2) is 23.7 Å². The van der Waals surface area contributed by atoms with Crippen molar-refractivity contribution < 1.29 is 19.0 Å². The molecule has 31 heavy (non-hydrogen) atoms. The summed E-state index contributed by atoms with van der Waals surface area (Å²) in [5, 5.41) is 16.7. The topological polar surface area (TPSA) is 66.3 Å². The molecule has 1 aromatic heterocycles. The van der Waals surface area contributed by atoms with E-state index in [1.807, 2.05) is 12.1 Å². The van der Waals surface area contributed by atoms with Crippen LogP contribution < -0.4 is 15.2 Å². The highest BCUT2D eigenvalue weighted by molar-refractivity contribution is 5.98. The highest BCUT2D eigenvalue weighted by Gasteiger charge is 2.21. The van der Waals surface area contributed by atoms with Crippen molar-refractivity contribution in [3.05, 3.63) is 65.1 Å². The first kappa shape index (κ1) is 21.4. The molecular weight excluding hydrogens is 395 g/mol. The highest BCUT2D eigenvalue weighted by atomic mass is 19.1. The van der Waals surface area contributed by atoms with Gasteiger partial charge in [0.1, 0.15) is 11.6 Å². The average Bonchev–Trinajstić information content (AvgIpc) is 2.91. The Balaban J connectivity index is 1.77. The van der Waals surface area contributed by atoms with Gasteiger partial charge < -0.3 is 24.5 Å². The van der Waals surface area contributed by atoms with E-state index in [9.17, 15) is 14.3 Å². The van der Waals surface area contributed by atoms with Crippen molar-refractivity contribution in [3.63, 3.8) is 0 Å². The number of methoxy groups -OCH3 is 1. The van der Waals surface area contributed by atoms with Gasteiger partial charge in [-0.1, -0.05) is 43.9 Å². The van der Waals surface area contributed by atoms with E-state index in [0.717, 1.165) is 18.2 Å². The number of halogens is 1. The van der Waals surface area contributed by atoms with Gasteiger partial charge in [0.15, 0.2) is 0 Å². The van der Waals surface area contributed by atoms with Crippen LogP contribution in [0.25, 0.3) is 10.9 Å². The Hall–Kier alpha value is -2.86. The van der Waals surface area contributed by atoms with E-state index in [4.69, 9.17) is 4.74 Å². The van der Waals surface area contributed by atoms with Crippen molar-refractivity contribution >= 4 is 16.9 Å². The van der Waals surface area contributed by atoms with Crippen molar-refractivity contribution in [2.75, 3.05) is 7.11 Å². The number of aromatic carboxylic acids is 1. The van der Waals surface area contributed by atoms with E-state index < -0.39 is 5.97 Å². The van der Waals surface area contributed by atoms with Gasteiger partial charge >= 0.3 is 0 Å². The van der Waals surface area contributed by atoms with Gasteiger partial charge in [-0.15, -0.1) is 0 Å². The van der Waals surface area contributed by atoms with E-state index in [2.05, 4.69) is 5.32 Å². The predicted molar refractivity (Wildman–Crippen MR) is 117 cm³/mol. The van der Waals surface area contributed by atoms with E-state index in [0.29, 0.717) is 35.0 Å². The quantitative estimate of drug-likeness (QED) is 0.583. The lowest BCUT2D eigenvalue weighted by molar-refractivity contribution is -0.255. The Kier molecular flexibility index (Phi) is 6.56. The second-order valence-electron chi connectivity index (χ2n) is 8.24. The van der Waals surface area contributed by atoms with Crippen LogP contribution in [0.2, 0.25) is 0 Å². The highest BCUT2D eigenvalue weighted by Crippen LogP contribution is 2.31. The summed E-state index contributed by atoms with van der Waals surface area (Å²) in [6.45, 7) is 0.532. The molecule has 0 radical (unpaired) electrons. The molecular formula is C25H28FN2O3-. The Labute approximate surface area is 181 Å². The molecule has 0 spiro atoms. The summed E-state index contributed by atoms with van der Waals surface area (Å²) in [7, 11) is 1.57. The molecule has 0 amide bonds. The van der Waals surface area contributed by atoms with Crippen LogP contribution in [0.15, 0.2) is 42.5 Å². The molecule has 1 N–H and O–H groups in total. The molecule has 1 fully saturated rings. The number of benzene rings is 2. The standard InChI is InChI=1S/C25H29FN2O3/c1-31-19-12-13-20-21(15-27-18-9-4-2-3-5-10-18)24(25(29)30)28(23(20)14-19)16-17-8-6-7-11-22(17)26/h6-8,11-14,18,27H,2-5,9-10,15-16H2,1H3,(H,29,30)/p-1. The van der Waals surface area contributed by atoms with Crippen LogP contribution in [0.4, 0.5) is 4.39 Å². The number of carbonyl (C=O) groups excluding carboxylic acids is 1. The zero-order valence-corrected chi connectivity index (χ0v) is 17.8. The largest absolute Gasteiger partial charge is 0.543 e. The van der Waals surface area contributed by atoms with E-state index in [1.165, 1.54) is 31.7 Å². The first-order chi connectivity index (χ1) is 15.1. The molecule has 5 nitrogen and oxygen atoms in total. The maximum atomic E-state index is 14.4. The third-order valence-corrected chi connectivity index (χ3v) is 6.28. The van der Waals surface area contributed by atoms with E-state index in [-0.39, 0.29) is 18.1 Å². The van der Waals surface area contributed by atoms with Crippen LogP contribution >= 0.6 is 0 Å². The SMILES string of the molecule is COc1ccc2c(CNC3CCCCCC3)c(C(=O)[O-])n(Cc3ccccc3F)c2c1. The Morgan fingerprint density at radius 2 is 1.90 bits per heavy atom. The molecule has 1 aliphatic rings. The third kappa shape index (κ3) is 4.59. The van der Waals surface area contributed by atoms with Crippen molar-refractivity contribution in [1.82, 2.24) is 9.88 Å². The van der Waals surface area contributed by atoms with Gasteiger partial charge in [-0.2, -0.15) is 0 Å². The minimum atomic E-state index is -1.26. The maximum absolute atomic E-state index is 14.4. The first-order valence-electron chi connectivity index (χ1n) is 11.0. The summed E-state index contributed by atoms with van der Waals surface area (Å²) in [5.41, 5.74) is 1.89. The molecule has 1 heterocycles. The van der Waals surface area contributed by atoms with Crippen molar-refractivity contribution in [3.8, 4) is 5.75 Å². The number of ether oxygens (including phenoxy) is 1. The molecule has 0 saturated heterocycles. The minimum absolute atomic E-state index is 0.0904. The molecule has 1 saturated carbocycles. The zero-order valence-electron chi connectivity index (χ0n) is 17.8. The lowest BCUT2D eigenvalue weighted by Gasteiger charge is -2.18. The molecule has 0 atom stereocenters. The smallest absolute Gasteiger partial charge is 0.128 e. The number of carbonyl (C=O) groups is 1. The Morgan fingerprint density at radius 1 is 1.16 bits per heavy atom. The van der Waals surface area contributed by atoms with Gasteiger partial charge in [0, 0.05) is 35.2 Å². The lowest BCUT2D eigenvalue weighted by Crippen LogP contribution is -2.31. The summed E-state index contributed by atoms with van der Waals surface area (Å²) >= 11 is 0. The minimum Gasteiger partial charge on any atom is -0.543 e. The normalized spacial score (nSPS) is 15.2. The lowest BCUT2D eigenvalue weighted by atomic mass is 10.1. The summed E-state index contributed by atoms with van der Waals surface area (Å²) in [4.78, 5) is 12.3. The van der Waals surface area contributed by atoms with Crippen LogP contribution in [0.5, 0.6) is 5.75 Å². The van der Waals surface area contributed by atoms with Gasteiger partial charge in [0.2, 0.25) is 0 Å². The monoisotopic (exact) mass is 423 g/mol. The molecule has 0 bridgehead atoms. The number of nitrogens with one attached hydrogen (secondary N) is 1. The maximum Gasteiger partial charge on any atom is 0.128 e. The van der Waals surface area contributed by atoms with Crippen LogP contribution in [0.3, 0.4) is 0 Å². The molecule has 4 rings (SSSR count). The van der Waals surface area contributed by atoms with Gasteiger partial charge in [0.25, 0.3) is 0 Å². The summed E-state index contributed by atoms with van der Waals surface area (Å²) in [5.74, 6) is -1.01. The number of hydrogen-bond acceptors (Lipinski definition) is 4. The van der Waals surface area contributed by atoms with E-state index >= 15 is 0 Å². The molecule has 164 valence electrons. The predicted octanol–water partition coefficient (Wildman–Crippen LogP) is 4.01. The number of carboxylic acids is 1. The summed E-state index contributed by atoms with van der Waals surface area (Å²) in [6, 6.07) is 12.3. The molecule has 2 aromatic carbocycles. The molecule has 1 aliphatic carbocycles. The first-order valence-corrected chi connectivity index (χ1v) is 11.0. The Bertz CT molecular complexity index is 1070. The number of hydrogen-bond donors (Lipinski definition) is 1. The number of fused-ring (bicyclic) bond motifs is 1. The fourth-order valence-corrected chi connectivity index (χ4v) is 4.63. The van der Waals surface area contributed by atoms with Gasteiger partial charge in [-0.25, -0.2) is 4.39 Å². The van der Waals surface area contributed by atoms with E-state index in [1.54, 1.807) is 35.9 Å². The van der Waals surface area contributed by atoms with Gasteiger partial charge in [0.05, 0.1) is 30.8 Å². The second kappa shape index (κ2) is 9.52. The van der Waals surface area contributed by atoms with Crippen molar-refractivity contribution in [2.45, 2.75) is 57.7 Å². The average molecular weight is 424 g/mol. The second-order valence-corrected chi connectivity index (χ2v) is 8.24. The third-order valence-electron chi connectivity index (χ3n) is 6.28. The molecule has 0 unspecified atom stereocenters. The zero-order chi connectivity index (χ0) is 21.8. The summed E-state index contributed by atoms with van der Waals surface area (Å²) in [6.07, 6.45) is 7.09. The van der Waals surface area contributed by atoms with Crippen LogP contribution in [0, 0.1) is 5.82 Å². The molecule has 0 aliphatic heterocycles. The van der Waals surface area contributed by atoms with Crippen molar-refractivity contribution in [1.29, 1.82) is 0 Å². The van der Waals surface area contributed by atoms with Gasteiger partial charge in [-0.3, -0.25) is 0 Å². The number of rotatable bonds is 7. The summed E-state index contributed by atoms with van der Waals surface area (Å²) < 4.78 is 21.4.